The number of nitrogens with two attached hydrogens (primary N) is 2. The van der Waals surface area contributed by atoms with E-state index in [1.165, 1.54) is 36.3 Å². The van der Waals surface area contributed by atoms with E-state index in [9.17, 15) is 18.8 Å². The van der Waals surface area contributed by atoms with Crippen LogP contribution in [-0.2, 0) is 4.79 Å². The van der Waals surface area contributed by atoms with Crippen molar-refractivity contribution >= 4 is 40.6 Å². The Balaban J connectivity index is 1.84. The van der Waals surface area contributed by atoms with Gasteiger partial charge in [-0.3, -0.25) is 19.3 Å². The molecule has 11 heteroatoms. The number of nitrogens with zero attached hydrogens (tertiary/aromatic N) is 2. The minimum absolute atomic E-state index is 0.0154. The van der Waals surface area contributed by atoms with E-state index in [4.69, 9.17) is 16.2 Å². The molecule has 1 aromatic heterocycles. The molecule has 0 bridgehead atoms. The van der Waals surface area contributed by atoms with Crippen LogP contribution in [0.1, 0.15) is 57.4 Å². The summed E-state index contributed by atoms with van der Waals surface area (Å²) in [6.45, 7) is 0. The zero-order valence-corrected chi connectivity index (χ0v) is 20.4. The highest BCUT2D eigenvalue weighted by Gasteiger charge is 2.37. The Morgan fingerprint density at radius 1 is 1.11 bits per heavy atom. The molecule has 1 fully saturated rings. The first-order valence-electron chi connectivity index (χ1n) is 11.4. The fraction of sp³-hybridized carbons (Fsp3) is 0.280. The van der Waals surface area contributed by atoms with E-state index in [0.29, 0.717) is 22.8 Å². The maximum absolute atomic E-state index is 13.9. The third-order valence-corrected chi connectivity index (χ3v) is 6.97. The zero-order chi connectivity index (χ0) is 25.8. The lowest BCUT2D eigenvalue weighted by atomic mass is 10.0. The third-order valence-electron chi connectivity index (χ3n) is 6.12. The summed E-state index contributed by atoms with van der Waals surface area (Å²) in [5, 5.41) is 3.06. The minimum atomic E-state index is -1.13. The van der Waals surface area contributed by atoms with Gasteiger partial charge in [-0.15, -0.1) is 0 Å². The number of anilines is 2. The van der Waals surface area contributed by atoms with Gasteiger partial charge in [-0.25, -0.2) is 4.39 Å². The number of halogens is 1. The Bertz CT molecular complexity index is 1260. The van der Waals surface area contributed by atoms with Crippen molar-refractivity contribution < 1.29 is 23.5 Å². The number of hydrogen-bond acceptors (Lipinski definition) is 7. The van der Waals surface area contributed by atoms with E-state index in [1.807, 2.05) is 0 Å². The van der Waals surface area contributed by atoms with Gasteiger partial charge in [0.25, 0.3) is 11.8 Å². The summed E-state index contributed by atoms with van der Waals surface area (Å²) in [5.74, 6) is -1.88. The van der Waals surface area contributed by atoms with Crippen LogP contribution < -0.4 is 26.4 Å². The Labute approximate surface area is 211 Å². The average molecular weight is 512 g/mol. The summed E-state index contributed by atoms with van der Waals surface area (Å²) >= 11 is 0.709. The summed E-state index contributed by atoms with van der Waals surface area (Å²) in [5.41, 5.74) is 11.8. The van der Waals surface area contributed by atoms with Gasteiger partial charge in [0, 0.05) is 11.7 Å². The molecule has 1 unspecified atom stereocenters. The number of benzene rings is 2. The minimum Gasteiger partial charge on any atom is -0.497 e. The molecular formula is C25H26FN5O4S. The van der Waals surface area contributed by atoms with Crippen molar-refractivity contribution in [2.24, 2.45) is 5.73 Å². The second-order valence-electron chi connectivity index (χ2n) is 8.46. The van der Waals surface area contributed by atoms with Crippen LogP contribution >= 0.6 is 11.5 Å². The first-order valence-corrected chi connectivity index (χ1v) is 12.2. The Hall–Kier alpha value is -3.99. The highest BCUT2D eigenvalue weighted by atomic mass is 32.1. The summed E-state index contributed by atoms with van der Waals surface area (Å²) in [4.78, 5) is 40.6. The lowest BCUT2D eigenvalue weighted by Gasteiger charge is -2.32. The van der Waals surface area contributed by atoms with Crippen LogP contribution in [0.5, 0.6) is 5.75 Å². The normalized spacial score (nSPS) is 14.3. The van der Waals surface area contributed by atoms with Gasteiger partial charge >= 0.3 is 0 Å². The fourth-order valence-corrected chi connectivity index (χ4v) is 5.02. The van der Waals surface area contributed by atoms with Gasteiger partial charge in [0.05, 0.1) is 12.8 Å². The smallest absolute Gasteiger partial charge is 0.273 e. The highest BCUT2D eigenvalue weighted by Crippen LogP contribution is 2.34. The lowest BCUT2D eigenvalue weighted by Crippen LogP contribution is -2.46. The lowest BCUT2D eigenvalue weighted by molar-refractivity contribution is -0.123. The molecule has 1 saturated carbocycles. The first kappa shape index (κ1) is 25.1. The zero-order valence-electron chi connectivity index (χ0n) is 19.6. The molecule has 3 amide bonds. The van der Waals surface area contributed by atoms with Crippen LogP contribution in [0.2, 0.25) is 0 Å². The topological polar surface area (TPSA) is 141 Å². The molecule has 0 radical (unpaired) electrons. The van der Waals surface area contributed by atoms with Crippen LogP contribution in [0.4, 0.5) is 15.8 Å². The fourth-order valence-electron chi connectivity index (χ4n) is 4.28. The van der Waals surface area contributed by atoms with Gasteiger partial charge in [0.15, 0.2) is 5.69 Å². The molecule has 4 rings (SSSR count). The quantitative estimate of drug-likeness (QED) is 0.423. The second-order valence-corrected chi connectivity index (χ2v) is 9.23. The highest BCUT2D eigenvalue weighted by molar-refractivity contribution is 7.09. The van der Waals surface area contributed by atoms with Crippen molar-refractivity contribution in [1.29, 1.82) is 0 Å². The van der Waals surface area contributed by atoms with Gasteiger partial charge in [0.2, 0.25) is 5.91 Å². The first-order chi connectivity index (χ1) is 17.3. The molecule has 2 aromatic carbocycles. The van der Waals surface area contributed by atoms with Crippen molar-refractivity contribution in [2.75, 3.05) is 17.7 Å². The van der Waals surface area contributed by atoms with Crippen LogP contribution in [0.3, 0.4) is 0 Å². The monoisotopic (exact) mass is 511 g/mol. The number of methoxy groups -OCH3 is 1. The number of primary amides is 1. The molecule has 188 valence electrons. The predicted octanol–water partition coefficient (Wildman–Crippen LogP) is 3.42. The number of carbonyl (C=O) groups excluding carboxylic acids is 3. The van der Waals surface area contributed by atoms with E-state index in [-0.39, 0.29) is 28.0 Å². The molecule has 1 aliphatic rings. The molecule has 1 atom stereocenters. The van der Waals surface area contributed by atoms with Crippen molar-refractivity contribution in [1.82, 2.24) is 9.69 Å². The number of nitrogens with one attached hydrogen (secondary N) is 1. The van der Waals surface area contributed by atoms with E-state index < -0.39 is 29.6 Å². The molecule has 0 spiro atoms. The third kappa shape index (κ3) is 5.15. The Kier molecular flexibility index (Phi) is 7.49. The number of amides is 3. The van der Waals surface area contributed by atoms with Crippen LogP contribution in [0.25, 0.3) is 0 Å². The SMILES string of the molecule is COc1ccc(C(C(=O)NC2CCCC2)N(C(=O)c2snc(C(N)=O)c2N)c2ccc(F)cc2)cc1. The second kappa shape index (κ2) is 10.7. The van der Waals surface area contributed by atoms with Gasteiger partial charge in [-0.1, -0.05) is 25.0 Å². The molecule has 36 heavy (non-hydrogen) atoms. The number of aromatic nitrogens is 1. The van der Waals surface area contributed by atoms with Crippen molar-refractivity contribution in [3.8, 4) is 5.75 Å². The Morgan fingerprint density at radius 3 is 2.31 bits per heavy atom. The van der Waals surface area contributed by atoms with E-state index >= 15 is 0 Å². The van der Waals surface area contributed by atoms with Crippen LogP contribution in [-0.4, -0.2) is 35.2 Å². The summed E-state index contributed by atoms with van der Waals surface area (Å²) in [7, 11) is 1.52. The molecular weight excluding hydrogens is 485 g/mol. The van der Waals surface area contributed by atoms with E-state index in [2.05, 4.69) is 9.69 Å². The average Bonchev–Trinajstić information content (AvgIpc) is 3.52. The van der Waals surface area contributed by atoms with Gasteiger partial charge < -0.3 is 21.5 Å². The number of carbonyl (C=O) groups is 3. The Morgan fingerprint density at radius 2 is 1.75 bits per heavy atom. The number of rotatable bonds is 8. The van der Waals surface area contributed by atoms with Crippen molar-refractivity contribution in [3.63, 3.8) is 0 Å². The summed E-state index contributed by atoms with van der Waals surface area (Å²) < 4.78 is 23.0. The number of ether oxygens (including phenoxy) is 1. The van der Waals surface area contributed by atoms with Gasteiger partial charge in [-0.05, 0) is 66.3 Å². The molecule has 5 N–H and O–H groups in total. The summed E-state index contributed by atoms with van der Waals surface area (Å²) in [6, 6.07) is 10.8. The van der Waals surface area contributed by atoms with Gasteiger partial charge in [-0.2, -0.15) is 4.37 Å². The molecule has 0 saturated heterocycles. The van der Waals surface area contributed by atoms with Gasteiger partial charge in [0.1, 0.15) is 22.5 Å². The molecule has 1 aliphatic carbocycles. The molecule has 0 aliphatic heterocycles. The predicted molar refractivity (Wildman–Crippen MR) is 134 cm³/mol. The van der Waals surface area contributed by atoms with Crippen molar-refractivity contribution in [2.45, 2.75) is 37.8 Å². The van der Waals surface area contributed by atoms with E-state index in [0.717, 1.165) is 25.7 Å². The summed E-state index contributed by atoms with van der Waals surface area (Å²) in [6.07, 6.45) is 3.70. The molecule has 3 aromatic rings. The largest absolute Gasteiger partial charge is 0.497 e. The van der Waals surface area contributed by atoms with Crippen molar-refractivity contribution in [3.05, 3.63) is 70.5 Å². The number of nitrogen functional groups attached to an aromatic ring is 1. The molecule has 1 heterocycles. The maximum atomic E-state index is 13.9. The van der Waals surface area contributed by atoms with Crippen LogP contribution in [0, 0.1) is 5.82 Å². The number of hydrogen-bond donors (Lipinski definition) is 3. The van der Waals surface area contributed by atoms with E-state index in [1.54, 1.807) is 24.3 Å². The standard InChI is InChI=1S/C25H26FN5O4S/c1-35-18-12-6-14(7-13-18)21(24(33)29-16-4-2-3-5-16)31(17-10-8-15(26)9-11-17)25(34)22-19(27)20(23(28)32)30-36-22/h6-13,16,21H,2-5,27H2,1H3,(H2,28,32)(H,29,33). The molecule has 9 nitrogen and oxygen atoms in total. The maximum Gasteiger partial charge on any atom is 0.273 e. The van der Waals surface area contributed by atoms with Crippen LogP contribution in [0.15, 0.2) is 48.5 Å².